The third-order valence-corrected chi connectivity index (χ3v) is 4.47. The van der Waals surface area contributed by atoms with Crippen LogP contribution in [-0.2, 0) is 12.8 Å². The van der Waals surface area contributed by atoms with Crippen LogP contribution in [0, 0.1) is 0 Å². The highest BCUT2D eigenvalue weighted by atomic mass is 16.4. The summed E-state index contributed by atoms with van der Waals surface area (Å²) in [7, 11) is 0. The van der Waals surface area contributed by atoms with Crippen molar-refractivity contribution in [2.45, 2.75) is 59.3 Å². The molecule has 134 valence electrons. The maximum atomic E-state index is 12.5. The van der Waals surface area contributed by atoms with E-state index in [9.17, 15) is 9.90 Å². The summed E-state index contributed by atoms with van der Waals surface area (Å²) in [4.78, 5) is 12.5. The Hall–Kier alpha value is -2.29. The number of hydrogen-bond acceptors (Lipinski definition) is 3. The normalized spacial score (nSPS) is 11.7. The molecule has 0 bridgehead atoms. The fourth-order valence-electron chi connectivity index (χ4n) is 3.03. The number of hydrogen-bond donors (Lipinski definition) is 1. The van der Waals surface area contributed by atoms with Gasteiger partial charge in [0, 0.05) is 11.1 Å². The van der Waals surface area contributed by atoms with Crippen LogP contribution in [0.1, 0.15) is 68.9 Å². The van der Waals surface area contributed by atoms with Crippen LogP contribution in [-0.4, -0.2) is 5.11 Å². The molecule has 1 heterocycles. The first-order chi connectivity index (χ1) is 12.1. The molecule has 0 unspecified atom stereocenters. The lowest BCUT2D eigenvalue weighted by molar-refractivity contribution is 0.416. The second-order valence-electron chi connectivity index (χ2n) is 6.30. The van der Waals surface area contributed by atoms with Gasteiger partial charge in [0.05, 0.1) is 5.56 Å². The summed E-state index contributed by atoms with van der Waals surface area (Å²) in [6, 6.07) is 9.84. The average Bonchev–Trinajstić information content (AvgIpc) is 2.63. The van der Waals surface area contributed by atoms with Gasteiger partial charge < -0.3 is 9.52 Å². The van der Waals surface area contributed by atoms with Crippen LogP contribution >= 0.6 is 0 Å². The highest BCUT2D eigenvalue weighted by Gasteiger charge is 2.21. The molecule has 2 rings (SSSR count). The molecule has 0 saturated heterocycles. The molecule has 0 saturated carbocycles. The molecule has 1 aromatic carbocycles. The summed E-state index contributed by atoms with van der Waals surface area (Å²) in [6.07, 6.45) is 6.97. The molecule has 1 aromatic heterocycles. The number of benzene rings is 1. The molecule has 25 heavy (non-hydrogen) atoms. The van der Waals surface area contributed by atoms with E-state index in [4.69, 9.17) is 4.42 Å². The fourth-order valence-corrected chi connectivity index (χ4v) is 3.03. The lowest BCUT2D eigenvalue weighted by Crippen LogP contribution is -2.13. The Balaban J connectivity index is 2.61. The van der Waals surface area contributed by atoms with Gasteiger partial charge >= 0.3 is 5.63 Å². The minimum absolute atomic E-state index is 0.128. The minimum Gasteiger partial charge on any atom is -0.507 e. The van der Waals surface area contributed by atoms with Gasteiger partial charge in [0.1, 0.15) is 11.5 Å². The summed E-state index contributed by atoms with van der Waals surface area (Å²) in [5, 5.41) is 10.8. The maximum Gasteiger partial charge on any atom is 0.343 e. The lowest BCUT2D eigenvalue weighted by Gasteiger charge is -2.15. The van der Waals surface area contributed by atoms with Gasteiger partial charge in [0.25, 0.3) is 0 Å². The molecule has 0 aliphatic rings. The number of allylic oxidation sites excluding steroid dienone is 1. The Bertz CT molecular complexity index is 770. The average molecular weight is 340 g/mol. The van der Waals surface area contributed by atoms with Gasteiger partial charge in [-0.1, -0.05) is 63.1 Å². The zero-order valence-corrected chi connectivity index (χ0v) is 15.5. The molecule has 3 heteroatoms. The van der Waals surface area contributed by atoms with E-state index in [2.05, 4.69) is 13.8 Å². The van der Waals surface area contributed by atoms with Gasteiger partial charge in [0.15, 0.2) is 0 Å². The number of aromatic hydroxyl groups is 1. The van der Waals surface area contributed by atoms with Gasteiger partial charge in [-0.15, -0.1) is 0 Å². The van der Waals surface area contributed by atoms with E-state index in [1.54, 1.807) is 0 Å². The highest BCUT2D eigenvalue weighted by Crippen LogP contribution is 2.33. The van der Waals surface area contributed by atoms with E-state index in [1.165, 1.54) is 0 Å². The van der Waals surface area contributed by atoms with Crippen molar-refractivity contribution in [1.82, 2.24) is 0 Å². The fraction of sp³-hybridized carbons (Fsp3) is 0.409. The quantitative estimate of drug-likeness (QED) is 0.692. The van der Waals surface area contributed by atoms with Crippen molar-refractivity contribution in [1.29, 1.82) is 0 Å². The largest absolute Gasteiger partial charge is 0.507 e. The molecule has 0 aliphatic carbocycles. The predicted molar refractivity (Wildman–Crippen MR) is 103 cm³/mol. The van der Waals surface area contributed by atoms with E-state index in [0.717, 1.165) is 42.4 Å². The van der Waals surface area contributed by atoms with Gasteiger partial charge in [-0.25, -0.2) is 4.79 Å². The number of rotatable bonds is 8. The highest BCUT2D eigenvalue weighted by molar-refractivity contribution is 5.79. The summed E-state index contributed by atoms with van der Waals surface area (Å²) in [5.41, 5.74) is 2.58. The summed E-state index contributed by atoms with van der Waals surface area (Å²) < 4.78 is 5.74. The van der Waals surface area contributed by atoms with Crippen molar-refractivity contribution in [3.63, 3.8) is 0 Å². The van der Waals surface area contributed by atoms with Crippen molar-refractivity contribution in [3.05, 3.63) is 69.3 Å². The summed E-state index contributed by atoms with van der Waals surface area (Å²) in [5.74, 6) is 0.633. The Morgan fingerprint density at radius 2 is 1.64 bits per heavy atom. The van der Waals surface area contributed by atoms with Crippen molar-refractivity contribution in [2.24, 2.45) is 0 Å². The number of unbranched alkanes of at least 4 members (excludes halogenated alkanes) is 2. The summed E-state index contributed by atoms with van der Waals surface area (Å²) in [6.45, 7) is 6.11. The van der Waals surface area contributed by atoms with Crippen LogP contribution in [0.2, 0.25) is 0 Å². The molecule has 2 aromatic rings. The first-order valence-corrected chi connectivity index (χ1v) is 9.23. The SMILES string of the molecule is C/C=C(/c1ccccc1)c1oc(=O)c(CCCC)c(O)c1CCCC. The maximum absolute atomic E-state index is 12.5. The molecular formula is C22H28O3. The van der Waals surface area contributed by atoms with Crippen molar-refractivity contribution < 1.29 is 9.52 Å². The van der Waals surface area contributed by atoms with Crippen molar-refractivity contribution in [2.75, 3.05) is 0 Å². The molecule has 0 radical (unpaired) electrons. The monoisotopic (exact) mass is 340 g/mol. The topological polar surface area (TPSA) is 50.4 Å². The van der Waals surface area contributed by atoms with E-state index in [0.29, 0.717) is 24.2 Å². The van der Waals surface area contributed by atoms with Crippen LogP contribution in [0.15, 0.2) is 45.6 Å². The van der Waals surface area contributed by atoms with Gasteiger partial charge in [-0.05, 0) is 38.2 Å². The van der Waals surface area contributed by atoms with Gasteiger partial charge in [-0.2, -0.15) is 0 Å². The van der Waals surface area contributed by atoms with E-state index in [-0.39, 0.29) is 5.75 Å². The third kappa shape index (κ3) is 4.41. The Morgan fingerprint density at radius 1 is 1.04 bits per heavy atom. The summed E-state index contributed by atoms with van der Waals surface area (Å²) >= 11 is 0. The Labute approximate surface area is 150 Å². The molecular weight excluding hydrogens is 312 g/mol. The second kappa shape index (κ2) is 9.26. The first kappa shape index (κ1) is 19.0. The second-order valence-corrected chi connectivity index (χ2v) is 6.30. The molecule has 3 nitrogen and oxygen atoms in total. The first-order valence-electron chi connectivity index (χ1n) is 9.23. The minimum atomic E-state index is -0.420. The van der Waals surface area contributed by atoms with Crippen LogP contribution < -0.4 is 5.63 Å². The van der Waals surface area contributed by atoms with Crippen molar-refractivity contribution >= 4 is 5.57 Å². The van der Waals surface area contributed by atoms with E-state index < -0.39 is 5.63 Å². The lowest BCUT2D eigenvalue weighted by atomic mass is 9.94. The molecule has 0 spiro atoms. The van der Waals surface area contributed by atoms with Crippen LogP contribution in [0.3, 0.4) is 0 Å². The van der Waals surface area contributed by atoms with Crippen LogP contribution in [0.4, 0.5) is 0 Å². The molecule has 0 atom stereocenters. The smallest absolute Gasteiger partial charge is 0.343 e. The van der Waals surface area contributed by atoms with Gasteiger partial charge in [-0.3, -0.25) is 0 Å². The predicted octanol–water partition coefficient (Wildman–Crippen LogP) is 5.48. The van der Waals surface area contributed by atoms with E-state index in [1.807, 2.05) is 43.3 Å². The van der Waals surface area contributed by atoms with Crippen LogP contribution in [0.5, 0.6) is 5.75 Å². The van der Waals surface area contributed by atoms with Crippen molar-refractivity contribution in [3.8, 4) is 5.75 Å². The zero-order valence-electron chi connectivity index (χ0n) is 15.5. The molecule has 1 N–H and O–H groups in total. The molecule has 0 aliphatic heterocycles. The Morgan fingerprint density at radius 3 is 2.20 bits per heavy atom. The van der Waals surface area contributed by atoms with Crippen LogP contribution in [0.25, 0.3) is 5.57 Å². The molecule has 0 fully saturated rings. The van der Waals surface area contributed by atoms with Gasteiger partial charge in [0.2, 0.25) is 0 Å². The van der Waals surface area contributed by atoms with E-state index >= 15 is 0 Å². The third-order valence-electron chi connectivity index (χ3n) is 4.47. The standard InChI is InChI=1S/C22H28O3/c1-4-7-14-18-20(23)19(15-8-5-2)22(24)25-21(18)17(6-3)16-12-10-9-11-13-16/h6,9-13,23H,4-5,7-8,14-15H2,1-3H3/b17-6-. The molecule has 0 amide bonds. The zero-order chi connectivity index (χ0) is 18.2. The Kier molecular flexibility index (Phi) is 7.05.